The van der Waals surface area contributed by atoms with Gasteiger partial charge in [-0.1, -0.05) is 36.4 Å². The largest absolute Gasteiger partial charge is 0.484 e. The van der Waals surface area contributed by atoms with Crippen molar-refractivity contribution in [2.75, 3.05) is 18.9 Å². The molecule has 0 bridgehead atoms. The highest BCUT2D eigenvalue weighted by Gasteiger charge is 2.10. The monoisotopic (exact) mass is 355 g/mol. The molecule has 0 atom stereocenters. The molecule has 4 heteroatoms. The van der Waals surface area contributed by atoms with Crippen LogP contribution < -0.4 is 10.1 Å². The van der Waals surface area contributed by atoms with Crippen LogP contribution in [0.25, 0.3) is 0 Å². The molecule has 0 unspecified atom stereocenters. The van der Waals surface area contributed by atoms with Gasteiger partial charge in [-0.2, -0.15) is 11.8 Å². The first-order valence-corrected chi connectivity index (χ1v) is 10.1. The standard InChI is InChI=1S/C21H25NO2S/c23-21(22-12-13-25-16-17-6-2-1-3-7-17)15-24-20-11-10-18-8-4-5-9-19(18)14-20/h1-3,6-7,10-11,14H,4-5,8-9,12-13,15-16H2,(H,22,23). The molecule has 0 aliphatic heterocycles. The van der Waals surface area contributed by atoms with Crippen molar-refractivity contribution in [2.45, 2.75) is 31.4 Å². The number of hydrogen-bond donors (Lipinski definition) is 1. The van der Waals surface area contributed by atoms with Gasteiger partial charge >= 0.3 is 0 Å². The fourth-order valence-electron chi connectivity index (χ4n) is 3.03. The van der Waals surface area contributed by atoms with E-state index in [0.717, 1.165) is 30.1 Å². The van der Waals surface area contributed by atoms with E-state index in [1.807, 2.05) is 23.9 Å². The average Bonchev–Trinajstić information content (AvgIpc) is 2.67. The van der Waals surface area contributed by atoms with Crippen molar-refractivity contribution in [3.8, 4) is 5.75 Å². The molecule has 0 saturated carbocycles. The Morgan fingerprint density at radius 1 is 1.04 bits per heavy atom. The first-order chi connectivity index (χ1) is 12.3. The summed E-state index contributed by atoms with van der Waals surface area (Å²) in [6.45, 7) is 0.756. The minimum atomic E-state index is -0.0574. The molecular weight excluding hydrogens is 330 g/mol. The maximum absolute atomic E-state index is 11.9. The molecule has 0 heterocycles. The summed E-state index contributed by atoms with van der Waals surface area (Å²) in [5.41, 5.74) is 4.12. The summed E-state index contributed by atoms with van der Waals surface area (Å²) in [5, 5.41) is 2.92. The van der Waals surface area contributed by atoms with E-state index in [1.54, 1.807) is 0 Å². The molecule has 0 radical (unpaired) electrons. The summed E-state index contributed by atoms with van der Waals surface area (Å²) in [7, 11) is 0. The second-order valence-corrected chi connectivity index (χ2v) is 7.42. The van der Waals surface area contributed by atoms with Crippen molar-refractivity contribution in [2.24, 2.45) is 0 Å². The minimum absolute atomic E-state index is 0.0574. The van der Waals surface area contributed by atoms with E-state index in [4.69, 9.17) is 4.74 Å². The number of aryl methyl sites for hydroxylation is 2. The summed E-state index contributed by atoms with van der Waals surface area (Å²) < 4.78 is 5.64. The Labute approximate surface area is 154 Å². The molecule has 0 saturated heterocycles. The maximum atomic E-state index is 11.9. The smallest absolute Gasteiger partial charge is 0.257 e. The van der Waals surface area contributed by atoms with Crippen LogP contribution in [0, 0.1) is 0 Å². The van der Waals surface area contributed by atoms with Crippen molar-refractivity contribution in [1.82, 2.24) is 5.32 Å². The second kappa shape index (κ2) is 9.52. The molecule has 0 fully saturated rings. The number of nitrogens with one attached hydrogen (secondary N) is 1. The molecule has 132 valence electrons. The van der Waals surface area contributed by atoms with Crippen molar-refractivity contribution in [3.05, 3.63) is 65.2 Å². The summed E-state index contributed by atoms with van der Waals surface area (Å²) in [6.07, 6.45) is 4.81. The van der Waals surface area contributed by atoms with E-state index in [1.165, 1.54) is 29.5 Å². The number of ether oxygens (including phenoxy) is 1. The lowest BCUT2D eigenvalue weighted by Crippen LogP contribution is -2.30. The molecule has 1 aliphatic rings. The van der Waals surface area contributed by atoms with Crippen molar-refractivity contribution in [3.63, 3.8) is 0 Å². The number of benzene rings is 2. The first-order valence-electron chi connectivity index (χ1n) is 8.94. The number of amides is 1. The zero-order valence-corrected chi connectivity index (χ0v) is 15.3. The van der Waals surface area contributed by atoms with Crippen LogP contribution in [-0.2, 0) is 23.4 Å². The van der Waals surface area contributed by atoms with Crippen molar-refractivity contribution < 1.29 is 9.53 Å². The van der Waals surface area contributed by atoms with Gasteiger partial charge in [0.05, 0.1) is 0 Å². The van der Waals surface area contributed by atoms with Crippen molar-refractivity contribution in [1.29, 1.82) is 0 Å². The summed E-state index contributed by atoms with van der Waals surface area (Å²) in [6, 6.07) is 16.6. The lowest BCUT2D eigenvalue weighted by Gasteiger charge is -2.16. The molecule has 0 spiro atoms. The Morgan fingerprint density at radius 3 is 2.68 bits per heavy atom. The van der Waals surface area contributed by atoms with E-state index < -0.39 is 0 Å². The Morgan fingerprint density at radius 2 is 1.84 bits per heavy atom. The zero-order valence-electron chi connectivity index (χ0n) is 14.5. The van der Waals surface area contributed by atoms with E-state index in [-0.39, 0.29) is 12.5 Å². The molecule has 25 heavy (non-hydrogen) atoms. The second-order valence-electron chi connectivity index (χ2n) is 6.31. The molecule has 2 aromatic carbocycles. The third kappa shape index (κ3) is 5.82. The summed E-state index contributed by atoms with van der Waals surface area (Å²) in [4.78, 5) is 11.9. The SMILES string of the molecule is O=C(COc1ccc2c(c1)CCCC2)NCCSCc1ccccc1. The Bertz CT molecular complexity index is 688. The quantitative estimate of drug-likeness (QED) is 0.728. The van der Waals surface area contributed by atoms with Crippen LogP contribution in [0.15, 0.2) is 48.5 Å². The Kier molecular flexibility index (Phi) is 6.80. The predicted octanol–water partition coefficient (Wildman–Crippen LogP) is 3.99. The summed E-state index contributed by atoms with van der Waals surface area (Å²) >= 11 is 1.82. The molecular formula is C21H25NO2S. The van der Waals surface area contributed by atoms with Gasteiger partial charge in [0.25, 0.3) is 5.91 Å². The zero-order chi connectivity index (χ0) is 17.3. The highest BCUT2D eigenvalue weighted by atomic mass is 32.2. The molecule has 3 rings (SSSR count). The Hall–Kier alpha value is -1.94. The van der Waals surface area contributed by atoms with Gasteiger partial charge in [-0.25, -0.2) is 0 Å². The van der Waals surface area contributed by atoms with Gasteiger partial charge in [0.15, 0.2) is 6.61 Å². The van der Waals surface area contributed by atoms with Crippen LogP contribution in [0.3, 0.4) is 0 Å². The first kappa shape index (κ1) is 17.9. The maximum Gasteiger partial charge on any atom is 0.257 e. The third-order valence-electron chi connectivity index (χ3n) is 4.37. The van der Waals surface area contributed by atoms with Crippen LogP contribution in [0.2, 0.25) is 0 Å². The molecule has 1 aliphatic carbocycles. The van der Waals surface area contributed by atoms with Crippen LogP contribution >= 0.6 is 11.8 Å². The van der Waals surface area contributed by atoms with Gasteiger partial charge in [-0.15, -0.1) is 0 Å². The van der Waals surface area contributed by atoms with Gasteiger partial charge in [0.2, 0.25) is 0 Å². The number of hydrogen-bond acceptors (Lipinski definition) is 3. The minimum Gasteiger partial charge on any atom is -0.484 e. The molecule has 3 nitrogen and oxygen atoms in total. The number of carbonyl (C=O) groups is 1. The fourth-order valence-corrected chi connectivity index (χ4v) is 3.85. The lowest BCUT2D eigenvalue weighted by atomic mass is 9.92. The van der Waals surface area contributed by atoms with E-state index in [0.29, 0.717) is 6.54 Å². The molecule has 1 amide bonds. The molecule has 1 N–H and O–H groups in total. The van der Waals surface area contributed by atoms with Crippen molar-refractivity contribution >= 4 is 17.7 Å². The van der Waals surface area contributed by atoms with E-state index in [9.17, 15) is 4.79 Å². The number of carbonyl (C=O) groups excluding carboxylic acids is 1. The van der Waals surface area contributed by atoms with Gasteiger partial charge < -0.3 is 10.1 Å². The number of rotatable bonds is 8. The lowest BCUT2D eigenvalue weighted by molar-refractivity contribution is -0.122. The van der Waals surface area contributed by atoms with Gasteiger partial charge in [-0.05, 0) is 54.5 Å². The van der Waals surface area contributed by atoms with Gasteiger partial charge in [0.1, 0.15) is 5.75 Å². The van der Waals surface area contributed by atoms with Crippen LogP contribution in [0.5, 0.6) is 5.75 Å². The van der Waals surface area contributed by atoms with Crippen LogP contribution in [0.1, 0.15) is 29.5 Å². The highest BCUT2D eigenvalue weighted by molar-refractivity contribution is 7.98. The summed E-state index contributed by atoms with van der Waals surface area (Å²) in [5.74, 6) is 2.62. The Balaban J connectivity index is 1.31. The van der Waals surface area contributed by atoms with Crippen LogP contribution in [-0.4, -0.2) is 24.8 Å². The van der Waals surface area contributed by atoms with Crippen LogP contribution in [0.4, 0.5) is 0 Å². The van der Waals surface area contributed by atoms with Gasteiger partial charge in [0, 0.05) is 18.1 Å². The highest BCUT2D eigenvalue weighted by Crippen LogP contribution is 2.25. The molecule has 2 aromatic rings. The van der Waals surface area contributed by atoms with Gasteiger partial charge in [-0.3, -0.25) is 4.79 Å². The molecule has 0 aromatic heterocycles. The number of fused-ring (bicyclic) bond motifs is 1. The fraction of sp³-hybridized carbons (Fsp3) is 0.381. The third-order valence-corrected chi connectivity index (χ3v) is 5.40. The topological polar surface area (TPSA) is 38.3 Å². The van der Waals surface area contributed by atoms with E-state index >= 15 is 0 Å². The predicted molar refractivity (Wildman–Crippen MR) is 104 cm³/mol. The van der Waals surface area contributed by atoms with E-state index in [2.05, 4.69) is 41.7 Å². The number of thioether (sulfide) groups is 1. The normalized spacial score (nSPS) is 13.1. The average molecular weight is 356 g/mol.